The van der Waals surface area contributed by atoms with Gasteiger partial charge in [0.05, 0.1) is 17.8 Å². The molecule has 0 radical (unpaired) electrons. The van der Waals surface area contributed by atoms with Crippen LogP contribution in [0.1, 0.15) is 63.3 Å². The van der Waals surface area contributed by atoms with E-state index in [0.717, 1.165) is 17.9 Å². The predicted molar refractivity (Wildman–Crippen MR) is 129 cm³/mol. The molecule has 1 aliphatic rings. The molecule has 1 fully saturated rings. The van der Waals surface area contributed by atoms with Crippen molar-refractivity contribution in [3.8, 4) is 0 Å². The zero-order chi connectivity index (χ0) is 22.5. The molecule has 0 unspecified atom stereocenters. The summed E-state index contributed by atoms with van der Waals surface area (Å²) in [7, 11) is 0. The van der Waals surface area contributed by atoms with Crippen LogP contribution in [0.3, 0.4) is 0 Å². The zero-order valence-electron chi connectivity index (χ0n) is 19.5. The topological polar surface area (TPSA) is 50.2 Å². The van der Waals surface area contributed by atoms with Gasteiger partial charge in [0.25, 0.3) is 5.91 Å². The van der Waals surface area contributed by atoms with Crippen LogP contribution in [0.25, 0.3) is 0 Å². The molecule has 1 aliphatic heterocycles. The largest absolute Gasteiger partial charge is 0.348 e. The van der Waals surface area contributed by atoms with Crippen LogP contribution >= 0.6 is 0 Å². The number of hydrogen-bond donors (Lipinski definition) is 1. The highest BCUT2D eigenvalue weighted by atomic mass is 16.1. The number of benzene rings is 2. The molecule has 1 saturated heterocycles. The molecule has 1 amide bonds. The smallest absolute Gasteiger partial charge is 0.255 e. The van der Waals surface area contributed by atoms with Crippen LogP contribution in [-0.4, -0.2) is 33.7 Å². The molecular formula is C27H34N4O. The molecule has 2 heterocycles. The van der Waals surface area contributed by atoms with E-state index in [1.54, 1.807) is 0 Å². The molecule has 4 rings (SSSR count). The van der Waals surface area contributed by atoms with Crippen LogP contribution in [0.5, 0.6) is 0 Å². The molecule has 3 aromatic rings. The van der Waals surface area contributed by atoms with Crippen LogP contribution in [0.2, 0.25) is 0 Å². The van der Waals surface area contributed by atoms with Gasteiger partial charge in [-0.1, -0.05) is 60.5 Å². The number of carbonyl (C=O) groups excluding carboxylic acids is 1. The molecule has 0 spiro atoms. The lowest BCUT2D eigenvalue weighted by molar-refractivity contribution is 0.0949. The van der Waals surface area contributed by atoms with Gasteiger partial charge in [0.2, 0.25) is 0 Å². The molecule has 1 N–H and O–H groups in total. The Bertz CT molecular complexity index is 1060. The van der Waals surface area contributed by atoms with E-state index in [1.165, 1.54) is 54.6 Å². The maximum atomic E-state index is 13.1. The summed E-state index contributed by atoms with van der Waals surface area (Å²) in [6.45, 7) is 10.5. The van der Waals surface area contributed by atoms with Crippen molar-refractivity contribution < 1.29 is 4.79 Å². The van der Waals surface area contributed by atoms with Gasteiger partial charge in [-0.2, -0.15) is 5.10 Å². The number of hydrogen-bond acceptors (Lipinski definition) is 3. The number of nitrogens with one attached hydrogen (secondary N) is 1. The van der Waals surface area contributed by atoms with E-state index in [0.29, 0.717) is 18.7 Å². The number of carbonyl (C=O) groups is 1. The highest BCUT2D eigenvalue weighted by Gasteiger charge is 2.19. The number of likely N-dealkylation sites (tertiary alicyclic amines) is 1. The Morgan fingerprint density at radius 3 is 2.31 bits per heavy atom. The Kier molecular flexibility index (Phi) is 7.05. The first kappa shape index (κ1) is 22.3. The highest BCUT2D eigenvalue weighted by molar-refractivity contribution is 5.96. The van der Waals surface area contributed by atoms with Gasteiger partial charge in [0, 0.05) is 18.8 Å². The minimum atomic E-state index is -0.0528. The second-order valence-electron chi connectivity index (χ2n) is 8.98. The first-order valence-corrected chi connectivity index (χ1v) is 11.7. The quantitative estimate of drug-likeness (QED) is 0.587. The fourth-order valence-corrected chi connectivity index (χ4v) is 4.55. The summed E-state index contributed by atoms with van der Waals surface area (Å²) < 4.78 is 1.93. The Labute approximate surface area is 191 Å². The second kappa shape index (κ2) is 10.1. The summed E-state index contributed by atoms with van der Waals surface area (Å²) in [4.78, 5) is 15.6. The Hall–Kier alpha value is -2.92. The SMILES string of the molecule is Cc1ccc(Cn2nc(C)c(C(=O)NCc3ccccc3CN3CCCCC3)c2C)cc1. The summed E-state index contributed by atoms with van der Waals surface area (Å²) in [5, 5.41) is 7.80. The van der Waals surface area contributed by atoms with Crippen LogP contribution in [0.15, 0.2) is 48.5 Å². The second-order valence-corrected chi connectivity index (χ2v) is 8.98. The van der Waals surface area contributed by atoms with E-state index < -0.39 is 0 Å². The van der Waals surface area contributed by atoms with Crippen molar-refractivity contribution in [2.45, 2.75) is 59.7 Å². The van der Waals surface area contributed by atoms with E-state index in [9.17, 15) is 4.79 Å². The third-order valence-electron chi connectivity index (χ3n) is 6.46. The lowest BCUT2D eigenvalue weighted by Gasteiger charge is -2.27. The van der Waals surface area contributed by atoms with Gasteiger partial charge >= 0.3 is 0 Å². The minimum absolute atomic E-state index is 0.0528. The van der Waals surface area contributed by atoms with E-state index in [4.69, 9.17) is 0 Å². The first-order valence-electron chi connectivity index (χ1n) is 11.7. The third-order valence-corrected chi connectivity index (χ3v) is 6.46. The molecule has 5 heteroatoms. The van der Waals surface area contributed by atoms with E-state index in [1.807, 2.05) is 18.5 Å². The Balaban J connectivity index is 1.43. The maximum Gasteiger partial charge on any atom is 0.255 e. The predicted octanol–water partition coefficient (Wildman–Crippen LogP) is 4.77. The maximum absolute atomic E-state index is 13.1. The number of aryl methyl sites for hydroxylation is 2. The van der Waals surface area contributed by atoms with Crippen LogP contribution in [0.4, 0.5) is 0 Å². The Morgan fingerprint density at radius 2 is 1.59 bits per heavy atom. The molecular weight excluding hydrogens is 396 g/mol. The van der Waals surface area contributed by atoms with Gasteiger partial charge in [0.1, 0.15) is 0 Å². The van der Waals surface area contributed by atoms with Crippen molar-refractivity contribution in [2.75, 3.05) is 13.1 Å². The molecule has 32 heavy (non-hydrogen) atoms. The van der Waals surface area contributed by atoms with Crippen LogP contribution < -0.4 is 5.32 Å². The molecule has 5 nitrogen and oxygen atoms in total. The molecule has 168 valence electrons. The van der Waals surface area contributed by atoms with Crippen molar-refractivity contribution in [3.05, 3.63) is 87.7 Å². The van der Waals surface area contributed by atoms with Gasteiger partial charge in [0.15, 0.2) is 0 Å². The van der Waals surface area contributed by atoms with Crippen molar-refractivity contribution in [2.24, 2.45) is 0 Å². The standard InChI is InChI=1S/C27H34N4O/c1-20-11-13-23(14-12-20)18-31-22(3)26(21(2)29-31)27(32)28-17-24-9-5-6-10-25(24)19-30-15-7-4-8-16-30/h5-6,9-14H,4,7-8,15-19H2,1-3H3,(H,28,32). The summed E-state index contributed by atoms with van der Waals surface area (Å²) >= 11 is 0. The number of rotatable bonds is 7. The minimum Gasteiger partial charge on any atom is -0.348 e. The fourth-order valence-electron chi connectivity index (χ4n) is 4.55. The monoisotopic (exact) mass is 430 g/mol. The summed E-state index contributed by atoms with van der Waals surface area (Å²) in [5.41, 5.74) is 7.27. The Morgan fingerprint density at radius 1 is 0.906 bits per heavy atom. The van der Waals surface area contributed by atoms with Crippen molar-refractivity contribution in [3.63, 3.8) is 0 Å². The highest BCUT2D eigenvalue weighted by Crippen LogP contribution is 2.18. The van der Waals surface area contributed by atoms with Crippen molar-refractivity contribution in [1.82, 2.24) is 20.0 Å². The molecule has 0 aliphatic carbocycles. The number of nitrogens with zero attached hydrogens (tertiary/aromatic N) is 3. The summed E-state index contributed by atoms with van der Waals surface area (Å²) in [5.74, 6) is -0.0528. The first-order chi connectivity index (χ1) is 15.5. The zero-order valence-corrected chi connectivity index (χ0v) is 19.5. The van der Waals surface area contributed by atoms with E-state index in [-0.39, 0.29) is 5.91 Å². The number of piperidine rings is 1. The van der Waals surface area contributed by atoms with Crippen LogP contribution in [-0.2, 0) is 19.6 Å². The fraction of sp³-hybridized carbons (Fsp3) is 0.407. The lowest BCUT2D eigenvalue weighted by Crippen LogP contribution is -2.30. The van der Waals surface area contributed by atoms with Gasteiger partial charge in [-0.25, -0.2) is 0 Å². The van der Waals surface area contributed by atoms with Crippen molar-refractivity contribution >= 4 is 5.91 Å². The summed E-state index contributed by atoms with van der Waals surface area (Å²) in [6.07, 6.45) is 3.90. The molecule has 0 bridgehead atoms. The van der Waals surface area contributed by atoms with Gasteiger partial charge < -0.3 is 5.32 Å². The number of aromatic nitrogens is 2. The number of amides is 1. The van der Waals surface area contributed by atoms with Crippen LogP contribution in [0, 0.1) is 20.8 Å². The van der Waals surface area contributed by atoms with Crippen molar-refractivity contribution in [1.29, 1.82) is 0 Å². The van der Waals surface area contributed by atoms with Gasteiger partial charge in [-0.3, -0.25) is 14.4 Å². The molecule has 2 aromatic carbocycles. The van der Waals surface area contributed by atoms with E-state index in [2.05, 4.69) is 70.8 Å². The molecule has 0 atom stereocenters. The van der Waals surface area contributed by atoms with Gasteiger partial charge in [-0.05, 0) is 63.4 Å². The van der Waals surface area contributed by atoms with E-state index >= 15 is 0 Å². The molecule has 0 saturated carbocycles. The third kappa shape index (κ3) is 5.28. The lowest BCUT2D eigenvalue weighted by atomic mass is 10.0. The average molecular weight is 431 g/mol. The molecule has 1 aromatic heterocycles. The summed E-state index contributed by atoms with van der Waals surface area (Å²) in [6, 6.07) is 16.9. The average Bonchev–Trinajstić information content (AvgIpc) is 3.08. The van der Waals surface area contributed by atoms with Gasteiger partial charge in [-0.15, -0.1) is 0 Å². The normalized spacial score (nSPS) is 14.5.